The average Bonchev–Trinajstić information content (AvgIpc) is 2.86. The maximum absolute atomic E-state index is 9.17. The first-order valence-electron chi connectivity index (χ1n) is 6.26. The molecule has 0 atom stereocenters. The number of rotatable bonds is 2. The average molecular weight is 314 g/mol. The van der Waals surface area contributed by atoms with Crippen molar-refractivity contribution >= 4 is 15.9 Å². The van der Waals surface area contributed by atoms with Crippen LogP contribution in [0.25, 0.3) is 0 Å². The third-order valence-electron chi connectivity index (χ3n) is 3.38. The van der Waals surface area contributed by atoms with Crippen molar-refractivity contribution in [2.75, 3.05) is 0 Å². The van der Waals surface area contributed by atoms with Crippen LogP contribution in [-0.4, -0.2) is 0 Å². The van der Waals surface area contributed by atoms with Crippen LogP contribution in [0.4, 0.5) is 0 Å². The minimum Gasteiger partial charge on any atom is -0.456 e. The molecule has 2 nitrogen and oxygen atoms in total. The Labute approximate surface area is 120 Å². The molecule has 0 spiro atoms. The summed E-state index contributed by atoms with van der Waals surface area (Å²) in [4.78, 5) is 0. The molecule has 0 bridgehead atoms. The Morgan fingerprint density at radius 2 is 1.95 bits per heavy atom. The first kappa shape index (κ1) is 12.3. The number of aryl methyl sites for hydroxylation is 2. The van der Waals surface area contributed by atoms with Gasteiger partial charge in [0.15, 0.2) is 0 Å². The molecule has 19 heavy (non-hydrogen) atoms. The summed E-state index contributed by atoms with van der Waals surface area (Å²) in [6.07, 6.45) is 3.51. The van der Waals surface area contributed by atoms with E-state index in [1.807, 2.05) is 24.3 Å². The highest BCUT2D eigenvalue weighted by Crippen LogP contribution is 2.32. The van der Waals surface area contributed by atoms with Gasteiger partial charge in [-0.2, -0.15) is 5.26 Å². The highest BCUT2D eigenvalue weighted by molar-refractivity contribution is 9.10. The van der Waals surface area contributed by atoms with Crippen LogP contribution in [0, 0.1) is 11.3 Å². The molecule has 0 unspecified atom stereocenters. The van der Waals surface area contributed by atoms with E-state index in [4.69, 9.17) is 4.74 Å². The van der Waals surface area contributed by atoms with Gasteiger partial charge < -0.3 is 4.74 Å². The Morgan fingerprint density at radius 1 is 1.11 bits per heavy atom. The van der Waals surface area contributed by atoms with Crippen molar-refractivity contribution in [2.24, 2.45) is 0 Å². The van der Waals surface area contributed by atoms with Gasteiger partial charge in [-0.3, -0.25) is 0 Å². The highest BCUT2D eigenvalue weighted by Gasteiger charge is 2.13. The minimum atomic E-state index is 0.531. The summed E-state index contributed by atoms with van der Waals surface area (Å²) < 4.78 is 6.61. The fraction of sp³-hybridized carbons (Fsp3) is 0.188. The van der Waals surface area contributed by atoms with Gasteiger partial charge in [-0.25, -0.2) is 0 Å². The summed E-state index contributed by atoms with van der Waals surface area (Å²) in [6, 6.07) is 13.9. The van der Waals surface area contributed by atoms with Crippen LogP contribution >= 0.6 is 15.9 Å². The standard InChI is InChI=1S/C16H12BrNO/c17-15-5-2-6-16(14(15)10-18)19-13-8-7-11-3-1-4-12(11)9-13/h2,5-9H,1,3-4H2. The number of benzene rings is 2. The maximum Gasteiger partial charge on any atom is 0.146 e. The van der Waals surface area contributed by atoms with Gasteiger partial charge in [0.1, 0.15) is 23.1 Å². The second kappa shape index (κ2) is 5.07. The topological polar surface area (TPSA) is 33.0 Å². The molecule has 0 fully saturated rings. The summed E-state index contributed by atoms with van der Waals surface area (Å²) in [7, 11) is 0. The molecule has 3 rings (SSSR count). The molecule has 3 heteroatoms. The fourth-order valence-corrected chi connectivity index (χ4v) is 2.87. The monoisotopic (exact) mass is 313 g/mol. The molecular formula is C16H12BrNO. The number of halogens is 1. The van der Waals surface area contributed by atoms with Gasteiger partial charge in [-0.1, -0.05) is 12.1 Å². The van der Waals surface area contributed by atoms with Crippen molar-refractivity contribution in [2.45, 2.75) is 19.3 Å². The van der Waals surface area contributed by atoms with E-state index in [9.17, 15) is 5.26 Å². The second-order valence-electron chi connectivity index (χ2n) is 4.61. The van der Waals surface area contributed by atoms with E-state index in [1.54, 1.807) is 0 Å². The number of hydrogen-bond donors (Lipinski definition) is 0. The highest BCUT2D eigenvalue weighted by atomic mass is 79.9. The zero-order valence-electron chi connectivity index (χ0n) is 10.3. The molecule has 0 radical (unpaired) electrons. The first-order valence-corrected chi connectivity index (χ1v) is 7.05. The normalized spacial score (nSPS) is 12.8. The minimum absolute atomic E-state index is 0.531. The van der Waals surface area contributed by atoms with Crippen LogP contribution in [0.3, 0.4) is 0 Å². The van der Waals surface area contributed by atoms with E-state index in [0.717, 1.165) is 23.1 Å². The molecule has 0 aliphatic heterocycles. The molecule has 0 heterocycles. The predicted molar refractivity (Wildman–Crippen MR) is 77.4 cm³/mol. The van der Waals surface area contributed by atoms with E-state index in [2.05, 4.69) is 34.1 Å². The lowest BCUT2D eigenvalue weighted by atomic mass is 10.1. The van der Waals surface area contributed by atoms with Crippen LogP contribution in [0.15, 0.2) is 40.9 Å². The number of ether oxygens (including phenoxy) is 1. The zero-order chi connectivity index (χ0) is 13.2. The van der Waals surface area contributed by atoms with Gasteiger partial charge in [0.2, 0.25) is 0 Å². The SMILES string of the molecule is N#Cc1c(Br)cccc1Oc1ccc2c(c1)CCC2. The van der Waals surface area contributed by atoms with Crippen molar-refractivity contribution in [3.8, 4) is 17.6 Å². The van der Waals surface area contributed by atoms with Crippen LogP contribution in [0.5, 0.6) is 11.5 Å². The smallest absolute Gasteiger partial charge is 0.146 e. The van der Waals surface area contributed by atoms with E-state index in [1.165, 1.54) is 17.5 Å². The number of nitriles is 1. The van der Waals surface area contributed by atoms with Crippen molar-refractivity contribution in [3.63, 3.8) is 0 Å². The summed E-state index contributed by atoms with van der Waals surface area (Å²) in [5.41, 5.74) is 3.32. The van der Waals surface area contributed by atoms with Gasteiger partial charge >= 0.3 is 0 Å². The van der Waals surface area contributed by atoms with Crippen LogP contribution in [0.2, 0.25) is 0 Å². The van der Waals surface area contributed by atoms with Crippen LogP contribution in [0.1, 0.15) is 23.1 Å². The molecular weight excluding hydrogens is 302 g/mol. The molecule has 94 valence electrons. The van der Waals surface area contributed by atoms with Gasteiger partial charge in [0, 0.05) is 4.47 Å². The Morgan fingerprint density at radius 3 is 2.79 bits per heavy atom. The van der Waals surface area contributed by atoms with Crippen LogP contribution < -0.4 is 4.74 Å². The molecule has 0 saturated carbocycles. The van der Waals surface area contributed by atoms with E-state index in [0.29, 0.717) is 11.3 Å². The molecule has 1 aliphatic rings. The van der Waals surface area contributed by atoms with Gasteiger partial charge in [-0.15, -0.1) is 0 Å². The first-order chi connectivity index (χ1) is 9.28. The Bertz CT molecular complexity index is 673. The van der Waals surface area contributed by atoms with Gasteiger partial charge in [0.05, 0.1) is 0 Å². The Balaban J connectivity index is 1.94. The molecule has 0 N–H and O–H groups in total. The molecule has 1 aliphatic carbocycles. The lowest BCUT2D eigenvalue weighted by molar-refractivity contribution is 0.480. The quantitative estimate of drug-likeness (QED) is 0.811. The molecule has 2 aromatic carbocycles. The second-order valence-corrected chi connectivity index (χ2v) is 5.47. The number of hydrogen-bond acceptors (Lipinski definition) is 2. The zero-order valence-corrected chi connectivity index (χ0v) is 11.9. The predicted octanol–water partition coefficient (Wildman–Crippen LogP) is 4.60. The van der Waals surface area contributed by atoms with Crippen molar-refractivity contribution < 1.29 is 4.74 Å². The number of fused-ring (bicyclic) bond motifs is 1. The van der Waals surface area contributed by atoms with Gasteiger partial charge in [0.25, 0.3) is 0 Å². The van der Waals surface area contributed by atoms with Crippen LogP contribution in [-0.2, 0) is 12.8 Å². The van der Waals surface area contributed by atoms with Gasteiger partial charge in [-0.05, 0) is 70.6 Å². The lowest BCUT2D eigenvalue weighted by Crippen LogP contribution is -1.91. The largest absolute Gasteiger partial charge is 0.456 e. The summed E-state index contributed by atoms with van der Waals surface area (Å²) in [6.45, 7) is 0. The molecule has 0 amide bonds. The Hall–Kier alpha value is -1.79. The van der Waals surface area contributed by atoms with E-state index >= 15 is 0 Å². The third kappa shape index (κ3) is 2.36. The number of nitrogens with zero attached hydrogens (tertiary/aromatic N) is 1. The third-order valence-corrected chi connectivity index (χ3v) is 4.05. The van der Waals surface area contributed by atoms with Crippen molar-refractivity contribution in [3.05, 3.63) is 57.6 Å². The van der Waals surface area contributed by atoms with Crippen molar-refractivity contribution in [1.82, 2.24) is 0 Å². The summed E-state index contributed by atoms with van der Waals surface area (Å²) >= 11 is 3.37. The van der Waals surface area contributed by atoms with E-state index in [-0.39, 0.29) is 0 Å². The molecule has 0 saturated heterocycles. The fourth-order valence-electron chi connectivity index (χ4n) is 2.44. The van der Waals surface area contributed by atoms with E-state index < -0.39 is 0 Å². The van der Waals surface area contributed by atoms with Crippen molar-refractivity contribution in [1.29, 1.82) is 5.26 Å². The summed E-state index contributed by atoms with van der Waals surface area (Å²) in [5.74, 6) is 1.39. The lowest BCUT2D eigenvalue weighted by Gasteiger charge is -2.09. The molecule has 0 aromatic heterocycles. The Kier molecular flexibility index (Phi) is 3.27. The summed E-state index contributed by atoms with van der Waals surface area (Å²) in [5, 5.41) is 9.17. The maximum atomic E-state index is 9.17. The molecule has 2 aromatic rings.